The number of nitrogens with zero attached hydrogens (tertiary/aromatic N) is 3. The third-order valence-electron chi connectivity index (χ3n) is 5.77. The highest BCUT2D eigenvalue weighted by molar-refractivity contribution is 6.07. The van der Waals surface area contributed by atoms with Crippen LogP contribution >= 0.6 is 0 Å². The van der Waals surface area contributed by atoms with Gasteiger partial charge in [0.2, 0.25) is 0 Å². The number of rotatable bonds is 6. The molecule has 34 heavy (non-hydrogen) atoms. The number of esters is 1. The van der Waals surface area contributed by atoms with Crippen LogP contribution < -0.4 is 5.32 Å². The quantitative estimate of drug-likeness (QED) is 0.415. The van der Waals surface area contributed by atoms with Crippen LogP contribution in [0.5, 0.6) is 0 Å². The topological polar surface area (TPSA) is 99.2 Å². The van der Waals surface area contributed by atoms with E-state index < -0.39 is 18.5 Å². The van der Waals surface area contributed by atoms with Crippen LogP contribution in [-0.4, -0.2) is 33.2 Å². The highest BCUT2D eigenvalue weighted by Crippen LogP contribution is 2.37. The molecule has 0 aliphatic heterocycles. The molecule has 8 heteroatoms. The number of anilines is 1. The van der Waals surface area contributed by atoms with Gasteiger partial charge in [-0.3, -0.25) is 4.79 Å². The van der Waals surface area contributed by atoms with Crippen molar-refractivity contribution in [2.75, 3.05) is 11.9 Å². The molecule has 1 aliphatic carbocycles. The lowest BCUT2D eigenvalue weighted by atomic mass is 10.0. The van der Waals surface area contributed by atoms with Crippen LogP contribution in [0.25, 0.3) is 22.6 Å². The second-order valence-electron chi connectivity index (χ2n) is 8.40. The van der Waals surface area contributed by atoms with Crippen molar-refractivity contribution in [1.82, 2.24) is 14.8 Å². The molecule has 0 atom stereocenters. The Balaban J connectivity index is 1.41. The first-order chi connectivity index (χ1) is 16.5. The highest BCUT2D eigenvalue weighted by Gasteiger charge is 2.28. The third kappa shape index (κ3) is 4.10. The molecule has 1 N–H and O–H groups in total. The smallest absolute Gasteiger partial charge is 0.339 e. The summed E-state index contributed by atoms with van der Waals surface area (Å²) >= 11 is 0. The summed E-state index contributed by atoms with van der Waals surface area (Å²) in [6.45, 7) is 3.53. The van der Waals surface area contributed by atoms with E-state index in [4.69, 9.17) is 14.1 Å². The van der Waals surface area contributed by atoms with Gasteiger partial charge < -0.3 is 14.5 Å². The fourth-order valence-corrected chi connectivity index (χ4v) is 4.26. The average Bonchev–Trinajstić information content (AvgIpc) is 3.58. The minimum Gasteiger partial charge on any atom is -0.465 e. The Kier molecular flexibility index (Phi) is 5.71. The summed E-state index contributed by atoms with van der Waals surface area (Å²) in [7, 11) is 0. The number of para-hydroxylation sites is 1. The van der Waals surface area contributed by atoms with Crippen molar-refractivity contribution in [3.8, 4) is 0 Å². The Labute approximate surface area is 196 Å². The molecule has 8 nitrogen and oxygen atoms in total. The van der Waals surface area contributed by atoms with Crippen molar-refractivity contribution in [1.29, 1.82) is 0 Å². The van der Waals surface area contributed by atoms with Gasteiger partial charge in [0.25, 0.3) is 5.91 Å². The second kappa shape index (κ2) is 8.97. The van der Waals surface area contributed by atoms with Gasteiger partial charge in [-0.05, 0) is 62.1 Å². The molecule has 1 amide bonds. The number of fused-ring (bicyclic) bond motifs is 2. The molecule has 0 spiro atoms. The number of benzene rings is 1. The van der Waals surface area contributed by atoms with E-state index in [9.17, 15) is 9.59 Å². The predicted octanol–water partition coefficient (Wildman–Crippen LogP) is 4.89. The molecule has 5 rings (SSSR count). The van der Waals surface area contributed by atoms with Crippen molar-refractivity contribution < 1.29 is 18.7 Å². The lowest BCUT2D eigenvalue weighted by molar-refractivity contribution is -0.119. The first kappa shape index (κ1) is 21.6. The van der Waals surface area contributed by atoms with Crippen molar-refractivity contribution >= 4 is 40.2 Å². The third-order valence-corrected chi connectivity index (χ3v) is 5.77. The molecule has 1 aliphatic rings. The number of aromatic nitrogens is 3. The molecule has 0 unspecified atom stereocenters. The second-order valence-corrected chi connectivity index (χ2v) is 8.40. The molecule has 1 aromatic carbocycles. The van der Waals surface area contributed by atoms with E-state index in [1.807, 2.05) is 56.3 Å². The Bertz CT molecular complexity index is 1400. The summed E-state index contributed by atoms with van der Waals surface area (Å²) in [5.74, 6) is 0.323. The summed E-state index contributed by atoms with van der Waals surface area (Å²) in [6, 6.07) is 13.0. The molecule has 0 saturated carbocycles. The first-order valence-electron chi connectivity index (χ1n) is 11.2. The number of carbonyl (C=O) groups is 2. The standard InChI is InChI=1S/C26H24N4O4/c1-16(2)30-22(11-12-27-30)29-23(31)15-34-26(32)24-19-7-3-4-8-21(19)28-25-17(9-10-20(24)25)14-18-6-5-13-33-18/h3-8,11-14,16H,9-10,15H2,1-2H3,(H,29,31). The number of hydrogen-bond acceptors (Lipinski definition) is 6. The van der Waals surface area contributed by atoms with E-state index in [-0.39, 0.29) is 6.04 Å². The normalized spacial score (nSPS) is 14.0. The monoisotopic (exact) mass is 456 g/mol. The zero-order valence-electron chi connectivity index (χ0n) is 18.9. The van der Waals surface area contributed by atoms with Crippen LogP contribution in [0.15, 0.2) is 59.3 Å². The van der Waals surface area contributed by atoms with Gasteiger partial charge in [-0.2, -0.15) is 5.10 Å². The number of allylic oxidation sites excluding steroid dienone is 1. The van der Waals surface area contributed by atoms with Gasteiger partial charge in [0.15, 0.2) is 6.61 Å². The van der Waals surface area contributed by atoms with Gasteiger partial charge in [-0.25, -0.2) is 14.5 Å². The minimum atomic E-state index is -0.540. The van der Waals surface area contributed by atoms with Gasteiger partial charge in [-0.1, -0.05) is 18.2 Å². The van der Waals surface area contributed by atoms with Gasteiger partial charge in [-0.15, -0.1) is 0 Å². The van der Waals surface area contributed by atoms with E-state index in [2.05, 4.69) is 10.4 Å². The van der Waals surface area contributed by atoms with Gasteiger partial charge in [0, 0.05) is 17.5 Å². The van der Waals surface area contributed by atoms with Crippen LogP contribution in [0.1, 0.15) is 53.7 Å². The Morgan fingerprint density at radius 2 is 2.03 bits per heavy atom. The molecular weight excluding hydrogens is 432 g/mol. The maximum atomic E-state index is 13.2. The van der Waals surface area contributed by atoms with Crippen molar-refractivity contribution in [3.63, 3.8) is 0 Å². The fourth-order valence-electron chi connectivity index (χ4n) is 4.26. The van der Waals surface area contributed by atoms with Crippen molar-refractivity contribution in [3.05, 3.63) is 77.5 Å². The summed E-state index contributed by atoms with van der Waals surface area (Å²) < 4.78 is 12.6. The zero-order valence-corrected chi connectivity index (χ0v) is 18.9. The highest BCUT2D eigenvalue weighted by atomic mass is 16.5. The largest absolute Gasteiger partial charge is 0.465 e. The Morgan fingerprint density at radius 1 is 1.18 bits per heavy atom. The van der Waals surface area contributed by atoms with E-state index in [1.54, 1.807) is 23.2 Å². The molecule has 0 saturated heterocycles. The van der Waals surface area contributed by atoms with E-state index in [0.29, 0.717) is 28.7 Å². The lowest BCUT2D eigenvalue weighted by Crippen LogP contribution is -2.23. The zero-order chi connectivity index (χ0) is 23.7. The van der Waals surface area contributed by atoms with Crippen LogP contribution in [0.4, 0.5) is 5.82 Å². The van der Waals surface area contributed by atoms with E-state index in [1.165, 1.54) is 0 Å². The molecule has 172 valence electrons. The molecule has 4 aromatic rings. The van der Waals surface area contributed by atoms with Crippen LogP contribution in [0.3, 0.4) is 0 Å². The van der Waals surface area contributed by atoms with Crippen LogP contribution in [0.2, 0.25) is 0 Å². The number of amides is 1. The van der Waals surface area contributed by atoms with Gasteiger partial charge in [0.1, 0.15) is 11.6 Å². The SMILES string of the molecule is CC(C)n1nccc1NC(=O)COC(=O)c1c2c(nc3ccccc13)C(=Cc1ccco1)CC2. The molecule has 0 bridgehead atoms. The van der Waals surface area contributed by atoms with E-state index in [0.717, 1.165) is 29.0 Å². The van der Waals surface area contributed by atoms with Gasteiger partial charge in [0.05, 0.1) is 29.2 Å². The maximum absolute atomic E-state index is 13.2. The number of hydrogen-bond donors (Lipinski definition) is 1. The van der Waals surface area contributed by atoms with Crippen molar-refractivity contribution in [2.24, 2.45) is 0 Å². The first-order valence-corrected chi connectivity index (χ1v) is 11.2. The average molecular weight is 457 g/mol. The molecule has 0 radical (unpaired) electrons. The number of furan rings is 1. The summed E-state index contributed by atoms with van der Waals surface area (Å²) in [4.78, 5) is 30.6. The van der Waals surface area contributed by atoms with Gasteiger partial charge >= 0.3 is 5.97 Å². The fraction of sp³-hybridized carbons (Fsp3) is 0.231. The molecule has 0 fully saturated rings. The summed E-state index contributed by atoms with van der Waals surface area (Å²) in [5.41, 5.74) is 3.77. The van der Waals surface area contributed by atoms with E-state index >= 15 is 0 Å². The van der Waals surface area contributed by atoms with Crippen LogP contribution in [-0.2, 0) is 16.0 Å². The molecular formula is C26H24N4O4. The lowest BCUT2D eigenvalue weighted by Gasteiger charge is -2.13. The minimum absolute atomic E-state index is 0.0852. The van der Waals surface area contributed by atoms with Crippen molar-refractivity contribution in [2.45, 2.75) is 32.7 Å². The summed E-state index contributed by atoms with van der Waals surface area (Å²) in [6.07, 6.45) is 6.58. The number of carbonyl (C=O) groups excluding carboxylic acids is 2. The Morgan fingerprint density at radius 3 is 2.82 bits per heavy atom. The molecule has 3 aromatic heterocycles. The number of pyridine rings is 1. The molecule has 3 heterocycles. The van der Waals surface area contributed by atoms with Crippen LogP contribution in [0, 0.1) is 0 Å². The summed E-state index contributed by atoms with van der Waals surface area (Å²) in [5, 5.41) is 7.66. The Hall–Kier alpha value is -4.20. The number of ether oxygens (including phenoxy) is 1. The number of nitrogens with one attached hydrogen (secondary N) is 1. The predicted molar refractivity (Wildman–Crippen MR) is 128 cm³/mol. The maximum Gasteiger partial charge on any atom is 0.339 e.